The number of phenols is 1. The molecule has 1 N–H and O–H groups in total. The van der Waals surface area contributed by atoms with Gasteiger partial charge >= 0.3 is 0 Å². The topological polar surface area (TPSA) is 38.7 Å². The van der Waals surface area contributed by atoms with Gasteiger partial charge in [-0.15, -0.1) is 0 Å². The van der Waals surface area contributed by atoms with Crippen molar-refractivity contribution in [2.75, 3.05) is 0 Å². The van der Waals surface area contributed by atoms with Gasteiger partial charge in [0.25, 0.3) is 16.6 Å². The minimum absolute atomic E-state index is 0.0228. The number of rotatable bonds is 4. The van der Waals surface area contributed by atoms with E-state index in [1.54, 1.807) is 6.07 Å². The molecular formula is C18H32BrClO3Si2. The third kappa shape index (κ3) is 4.96. The molecule has 0 saturated heterocycles. The van der Waals surface area contributed by atoms with Crippen molar-refractivity contribution in [2.24, 2.45) is 0 Å². The number of aromatic hydroxyl groups is 1. The van der Waals surface area contributed by atoms with Gasteiger partial charge in [0.2, 0.25) is 0 Å². The van der Waals surface area contributed by atoms with Crippen LogP contribution < -0.4 is 8.85 Å². The van der Waals surface area contributed by atoms with E-state index in [2.05, 4.69) is 83.7 Å². The van der Waals surface area contributed by atoms with Gasteiger partial charge in [0.05, 0.1) is 4.47 Å². The first-order valence-corrected chi connectivity index (χ1v) is 15.5. The van der Waals surface area contributed by atoms with Crippen molar-refractivity contribution in [3.63, 3.8) is 0 Å². The number of benzene rings is 1. The summed E-state index contributed by atoms with van der Waals surface area (Å²) in [4.78, 5) is 0. The van der Waals surface area contributed by atoms with Crippen LogP contribution in [-0.4, -0.2) is 21.7 Å². The Hall–Kier alpha value is -0.176. The lowest BCUT2D eigenvalue weighted by Gasteiger charge is -2.40. The molecule has 0 unspecified atom stereocenters. The van der Waals surface area contributed by atoms with Gasteiger partial charge < -0.3 is 14.0 Å². The second-order valence-corrected chi connectivity index (χ2v) is 20.2. The van der Waals surface area contributed by atoms with Crippen molar-refractivity contribution in [1.29, 1.82) is 0 Å². The summed E-state index contributed by atoms with van der Waals surface area (Å²) >= 11 is 9.88. The predicted molar refractivity (Wildman–Crippen MR) is 116 cm³/mol. The van der Waals surface area contributed by atoms with Crippen molar-refractivity contribution in [3.05, 3.63) is 15.6 Å². The molecule has 25 heavy (non-hydrogen) atoms. The quantitative estimate of drug-likeness (QED) is 0.464. The largest absolute Gasteiger partial charge is 0.541 e. The van der Waals surface area contributed by atoms with Gasteiger partial charge in [0.15, 0.2) is 11.5 Å². The molecule has 0 bridgehead atoms. The Bertz CT molecular complexity index is 647. The van der Waals surface area contributed by atoms with Crippen LogP contribution in [0, 0.1) is 0 Å². The van der Waals surface area contributed by atoms with Crippen LogP contribution >= 0.6 is 27.5 Å². The standard InChI is InChI=1S/C18H32BrClO3Si2/c1-17(2,3)24(7,8)22-13-11-12(21)14(19)15(20)16(13)23-25(9,10)18(4,5)6/h11,21H,1-10H3. The van der Waals surface area contributed by atoms with Crippen molar-refractivity contribution in [2.45, 2.75) is 77.8 Å². The van der Waals surface area contributed by atoms with Gasteiger partial charge in [-0.25, -0.2) is 0 Å². The molecule has 3 nitrogen and oxygen atoms in total. The molecule has 0 spiro atoms. The summed E-state index contributed by atoms with van der Waals surface area (Å²) in [6.45, 7) is 21.7. The molecule has 0 radical (unpaired) electrons. The molecule has 0 amide bonds. The van der Waals surface area contributed by atoms with Crippen LogP contribution in [0.5, 0.6) is 17.2 Å². The van der Waals surface area contributed by atoms with E-state index in [1.807, 2.05) is 0 Å². The lowest BCUT2D eigenvalue weighted by molar-refractivity contribution is 0.428. The van der Waals surface area contributed by atoms with Crippen molar-refractivity contribution >= 4 is 44.2 Å². The lowest BCUT2D eigenvalue weighted by Crippen LogP contribution is -2.45. The zero-order valence-corrected chi connectivity index (χ0v) is 21.4. The highest BCUT2D eigenvalue weighted by Crippen LogP contribution is 2.50. The van der Waals surface area contributed by atoms with Crippen molar-refractivity contribution in [1.82, 2.24) is 0 Å². The summed E-state index contributed by atoms with van der Waals surface area (Å²) in [6.07, 6.45) is 0. The molecule has 144 valence electrons. The summed E-state index contributed by atoms with van der Waals surface area (Å²) < 4.78 is 13.4. The van der Waals surface area contributed by atoms with Crippen LogP contribution in [0.3, 0.4) is 0 Å². The van der Waals surface area contributed by atoms with E-state index in [9.17, 15) is 5.11 Å². The fourth-order valence-electron chi connectivity index (χ4n) is 1.58. The van der Waals surface area contributed by atoms with Crippen LogP contribution in [0.2, 0.25) is 41.3 Å². The summed E-state index contributed by atoms with van der Waals surface area (Å²) in [7, 11) is -4.23. The van der Waals surface area contributed by atoms with Gasteiger partial charge in [0, 0.05) is 6.07 Å². The minimum atomic E-state index is -2.12. The number of halogens is 2. The zero-order valence-electron chi connectivity index (χ0n) is 17.1. The first-order valence-electron chi connectivity index (χ1n) is 8.50. The average molecular weight is 468 g/mol. The van der Waals surface area contributed by atoms with E-state index < -0.39 is 16.6 Å². The van der Waals surface area contributed by atoms with E-state index in [0.29, 0.717) is 21.0 Å². The molecule has 1 aromatic rings. The van der Waals surface area contributed by atoms with Crippen LogP contribution in [0.4, 0.5) is 0 Å². The molecule has 0 aliphatic carbocycles. The molecule has 0 atom stereocenters. The third-order valence-electron chi connectivity index (χ3n) is 5.44. The Kier molecular flexibility index (Phi) is 6.49. The molecule has 0 fully saturated rings. The maximum absolute atomic E-state index is 10.2. The highest BCUT2D eigenvalue weighted by Gasteiger charge is 2.43. The Morgan fingerprint density at radius 1 is 0.920 bits per heavy atom. The Morgan fingerprint density at radius 2 is 1.32 bits per heavy atom. The minimum Gasteiger partial charge on any atom is -0.541 e. The third-order valence-corrected chi connectivity index (χ3v) is 15.5. The fraction of sp³-hybridized carbons (Fsp3) is 0.667. The maximum atomic E-state index is 10.2. The van der Waals surface area contributed by atoms with Crippen molar-refractivity contribution in [3.8, 4) is 17.2 Å². The zero-order chi connectivity index (χ0) is 20.0. The van der Waals surface area contributed by atoms with E-state index >= 15 is 0 Å². The summed E-state index contributed by atoms with van der Waals surface area (Å²) in [6, 6.07) is 1.61. The van der Waals surface area contributed by atoms with Gasteiger partial charge in [-0.2, -0.15) is 0 Å². The highest BCUT2D eigenvalue weighted by molar-refractivity contribution is 9.10. The first kappa shape index (κ1) is 22.9. The monoisotopic (exact) mass is 466 g/mol. The number of phenolic OH excluding ortho intramolecular Hbond substituents is 1. The van der Waals surface area contributed by atoms with Gasteiger partial charge in [-0.05, 0) is 52.2 Å². The van der Waals surface area contributed by atoms with Crippen LogP contribution in [-0.2, 0) is 0 Å². The highest BCUT2D eigenvalue weighted by atomic mass is 79.9. The summed E-state index contributed by atoms with van der Waals surface area (Å²) in [5.74, 6) is 1.12. The van der Waals surface area contributed by atoms with E-state index in [1.165, 1.54) is 0 Å². The van der Waals surface area contributed by atoms with Crippen molar-refractivity contribution < 1.29 is 14.0 Å². The molecule has 1 aromatic carbocycles. The second-order valence-electron chi connectivity index (χ2n) is 9.58. The Labute approximate surface area is 168 Å². The molecule has 0 saturated carbocycles. The molecule has 0 heterocycles. The van der Waals surface area contributed by atoms with Gasteiger partial charge in [0.1, 0.15) is 10.8 Å². The summed E-state index contributed by atoms with van der Waals surface area (Å²) in [5.41, 5.74) is 0. The molecular weight excluding hydrogens is 436 g/mol. The Balaban J connectivity index is 3.49. The molecule has 1 rings (SSSR count). The fourth-order valence-corrected chi connectivity index (χ4v) is 4.19. The number of hydrogen-bond donors (Lipinski definition) is 1. The second kappa shape index (κ2) is 7.09. The first-order chi connectivity index (χ1) is 10.9. The Morgan fingerprint density at radius 3 is 1.72 bits per heavy atom. The normalized spacial score (nSPS) is 13.8. The van der Waals surface area contributed by atoms with Crippen LogP contribution in [0.1, 0.15) is 41.5 Å². The van der Waals surface area contributed by atoms with Gasteiger partial charge in [-0.1, -0.05) is 53.1 Å². The molecule has 0 aromatic heterocycles. The van der Waals surface area contributed by atoms with Crippen LogP contribution in [0.25, 0.3) is 0 Å². The van der Waals surface area contributed by atoms with E-state index in [-0.39, 0.29) is 15.8 Å². The molecule has 0 aliphatic heterocycles. The van der Waals surface area contributed by atoms with E-state index in [0.717, 1.165) is 0 Å². The predicted octanol–water partition coefficient (Wildman–Crippen LogP) is 7.58. The molecule has 7 heteroatoms. The smallest absolute Gasteiger partial charge is 0.250 e. The van der Waals surface area contributed by atoms with Gasteiger partial charge in [-0.3, -0.25) is 0 Å². The van der Waals surface area contributed by atoms with Crippen LogP contribution in [0.15, 0.2) is 10.5 Å². The van der Waals surface area contributed by atoms with E-state index in [4.69, 9.17) is 20.5 Å². The maximum Gasteiger partial charge on any atom is 0.250 e. The lowest BCUT2D eigenvalue weighted by atomic mass is 10.2. The number of hydrogen-bond acceptors (Lipinski definition) is 3. The summed E-state index contributed by atoms with van der Waals surface area (Å²) in [5, 5.41) is 10.6. The average Bonchev–Trinajstić information content (AvgIpc) is 2.38. The SMILES string of the molecule is CC(C)(C)[Si](C)(C)Oc1cc(O)c(Br)c(Cl)c1O[Si](C)(C)C(C)(C)C. The molecule has 0 aliphatic rings.